The van der Waals surface area contributed by atoms with Gasteiger partial charge in [-0.2, -0.15) is 0 Å². The Kier molecular flexibility index (Phi) is 5.40. The van der Waals surface area contributed by atoms with E-state index >= 15 is 0 Å². The largest absolute Gasteiger partial charge is 0.354 e. The van der Waals surface area contributed by atoms with Gasteiger partial charge in [-0.05, 0) is 37.2 Å². The van der Waals surface area contributed by atoms with Crippen LogP contribution in [0, 0.1) is 11.8 Å². The number of hydrogen-bond acceptors (Lipinski definition) is 2. The Morgan fingerprint density at radius 2 is 2.05 bits per heavy atom. The maximum atomic E-state index is 12.3. The zero-order valence-corrected chi connectivity index (χ0v) is 13.3. The van der Waals surface area contributed by atoms with Gasteiger partial charge in [0.05, 0.1) is 0 Å². The third kappa shape index (κ3) is 4.31. The van der Waals surface area contributed by atoms with Crippen LogP contribution < -0.4 is 11.1 Å². The zero-order valence-electron chi connectivity index (χ0n) is 13.3. The highest BCUT2D eigenvalue weighted by atomic mass is 16.2. The molecule has 0 spiro atoms. The minimum absolute atomic E-state index is 0.0856. The summed E-state index contributed by atoms with van der Waals surface area (Å²) in [5.74, 6) is 1.51. The van der Waals surface area contributed by atoms with Crippen molar-refractivity contribution >= 4 is 5.91 Å². The third-order valence-corrected chi connectivity index (χ3v) is 4.73. The van der Waals surface area contributed by atoms with Gasteiger partial charge in [-0.3, -0.25) is 4.79 Å². The Morgan fingerprint density at radius 3 is 2.71 bits per heavy atom. The molecule has 2 rings (SSSR count). The van der Waals surface area contributed by atoms with E-state index in [-0.39, 0.29) is 5.91 Å². The minimum atomic E-state index is -0.957. The van der Waals surface area contributed by atoms with Gasteiger partial charge in [-0.25, -0.2) is 0 Å². The van der Waals surface area contributed by atoms with E-state index in [0.29, 0.717) is 0 Å². The molecule has 0 bridgehead atoms. The fraction of sp³-hybridized carbons (Fsp3) is 0.611. The Balaban J connectivity index is 1.81. The molecule has 1 aliphatic rings. The number of carbonyl (C=O) groups excluding carboxylic acids is 1. The van der Waals surface area contributed by atoms with Crippen LogP contribution in [-0.2, 0) is 10.3 Å². The highest BCUT2D eigenvalue weighted by Crippen LogP contribution is 2.30. The van der Waals surface area contributed by atoms with Crippen molar-refractivity contribution in [2.75, 3.05) is 6.54 Å². The summed E-state index contributed by atoms with van der Waals surface area (Å²) in [5, 5.41) is 3.02. The third-order valence-electron chi connectivity index (χ3n) is 4.73. The van der Waals surface area contributed by atoms with Crippen molar-refractivity contribution in [1.29, 1.82) is 0 Å². The Morgan fingerprint density at radius 1 is 1.33 bits per heavy atom. The van der Waals surface area contributed by atoms with Gasteiger partial charge in [-0.15, -0.1) is 0 Å². The van der Waals surface area contributed by atoms with E-state index < -0.39 is 5.54 Å². The molecule has 1 amide bonds. The predicted molar refractivity (Wildman–Crippen MR) is 86.7 cm³/mol. The summed E-state index contributed by atoms with van der Waals surface area (Å²) >= 11 is 0. The number of hydrogen-bond donors (Lipinski definition) is 2. The average molecular weight is 288 g/mol. The van der Waals surface area contributed by atoms with Gasteiger partial charge in [-0.1, -0.05) is 56.5 Å². The van der Waals surface area contributed by atoms with Crippen LogP contribution in [0.15, 0.2) is 30.3 Å². The summed E-state index contributed by atoms with van der Waals surface area (Å²) in [7, 11) is 0. The zero-order chi connectivity index (χ0) is 15.3. The number of benzene rings is 1. The van der Waals surface area contributed by atoms with Crippen molar-refractivity contribution in [1.82, 2.24) is 5.32 Å². The fourth-order valence-corrected chi connectivity index (χ4v) is 3.31. The molecule has 1 aromatic rings. The second kappa shape index (κ2) is 7.08. The van der Waals surface area contributed by atoms with Gasteiger partial charge in [0.1, 0.15) is 5.54 Å². The van der Waals surface area contributed by atoms with Gasteiger partial charge in [0.25, 0.3) is 0 Å². The molecule has 0 saturated heterocycles. The summed E-state index contributed by atoms with van der Waals surface area (Å²) in [5.41, 5.74) is 6.11. The molecular formula is C18H28N2O. The van der Waals surface area contributed by atoms with Crippen LogP contribution in [0.4, 0.5) is 0 Å². The molecule has 3 heteroatoms. The lowest BCUT2D eigenvalue weighted by molar-refractivity contribution is -0.126. The van der Waals surface area contributed by atoms with Crippen LogP contribution in [0.5, 0.6) is 0 Å². The molecule has 0 aromatic heterocycles. The first-order chi connectivity index (χ1) is 10.00. The van der Waals surface area contributed by atoms with Crippen molar-refractivity contribution < 1.29 is 4.79 Å². The highest BCUT2D eigenvalue weighted by molar-refractivity contribution is 5.86. The van der Waals surface area contributed by atoms with E-state index in [4.69, 9.17) is 5.73 Å². The molecule has 3 N–H and O–H groups in total. The summed E-state index contributed by atoms with van der Waals surface area (Å²) in [4.78, 5) is 12.3. The number of nitrogens with one attached hydrogen (secondary N) is 1. The molecule has 3 nitrogen and oxygen atoms in total. The fourth-order valence-electron chi connectivity index (χ4n) is 3.31. The van der Waals surface area contributed by atoms with E-state index in [2.05, 4.69) is 12.2 Å². The molecule has 3 unspecified atom stereocenters. The monoisotopic (exact) mass is 288 g/mol. The van der Waals surface area contributed by atoms with Crippen LogP contribution in [0.25, 0.3) is 0 Å². The van der Waals surface area contributed by atoms with E-state index in [0.717, 1.165) is 30.4 Å². The van der Waals surface area contributed by atoms with Crippen LogP contribution in [0.1, 0.15) is 51.5 Å². The highest BCUT2D eigenvalue weighted by Gasteiger charge is 2.30. The molecule has 1 aromatic carbocycles. The van der Waals surface area contributed by atoms with Crippen molar-refractivity contribution in [3.8, 4) is 0 Å². The van der Waals surface area contributed by atoms with Gasteiger partial charge < -0.3 is 11.1 Å². The van der Waals surface area contributed by atoms with E-state index in [1.165, 1.54) is 25.7 Å². The van der Waals surface area contributed by atoms with E-state index in [1.54, 1.807) is 6.92 Å². The van der Waals surface area contributed by atoms with Crippen molar-refractivity contribution in [3.05, 3.63) is 35.9 Å². The van der Waals surface area contributed by atoms with Crippen LogP contribution in [0.2, 0.25) is 0 Å². The molecule has 1 fully saturated rings. The second-order valence-electron chi connectivity index (χ2n) is 6.75. The van der Waals surface area contributed by atoms with Crippen molar-refractivity contribution in [3.63, 3.8) is 0 Å². The van der Waals surface area contributed by atoms with Gasteiger partial charge in [0, 0.05) is 6.54 Å². The van der Waals surface area contributed by atoms with Crippen LogP contribution >= 0.6 is 0 Å². The summed E-state index contributed by atoms with van der Waals surface area (Å²) in [6.07, 6.45) is 6.37. The first-order valence-electron chi connectivity index (χ1n) is 8.13. The smallest absolute Gasteiger partial charge is 0.244 e. The molecule has 21 heavy (non-hydrogen) atoms. The Hall–Kier alpha value is -1.35. The minimum Gasteiger partial charge on any atom is -0.354 e. The molecule has 0 aliphatic heterocycles. The van der Waals surface area contributed by atoms with Gasteiger partial charge >= 0.3 is 0 Å². The van der Waals surface area contributed by atoms with Crippen LogP contribution in [0.3, 0.4) is 0 Å². The number of amides is 1. The quantitative estimate of drug-likeness (QED) is 0.874. The maximum absolute atomic E-state index is 12.3. The summed E-state index contributed by atoms with van der Waals surface area (Å²) in [6.45, 7) is 4.84. The second-order valence-corrected chi connectivity index (χ2v) is 6.75. The maximum Gasteiger partial charge on any atom is 0.244 e. The van der Waals surface area contributed by atoms with Crippen LogP contribution in [-0.4, -0.2) is 12.5 Å². The molecule has 116 valence electrons. The average Bonchev–Trinajstić information content (AvgIpc) is 2.48. The first-order valence-corrected chi connectivity index (χ1v) is 8.13. The Bertz CT molecular complexity index is 456. The number of rotatable bonds is 5. The molecule has 3 atom stereocenters. The topological polar surface area (TPSA) is 55.1 Å². The molecule has 0 heterocycles. The van der Waals surface area contributed by atoms with E-state index in [1.807, 2.05) is 30.3 Å². The SMILES string of the molecule is CC1CCCC(CCNC(=O)C(C)(N)c2ccccc2)C1. The van der Waals surface area contributed by atoms with Crippen molar-refractivity contribution in [2.24, 2.45) is 17.6 Å². The van der Waals surface area contributed by atoms with E-state index in [9.17, 15) is 4.79 Å². The lowest BCUT2D eigenvalue weighted by Gasteiger charge is -2.28. The normalized spacial score (nSPS) is 25.1. The molecule has 0 radical (unpaired) electrons. The molecular weight excluding hydrogens is 260 g/mol. The standard InChI is InChI=1S/C18H28N2O/c1-14-7-6-8-15(13-14)11-12-20-17(21)18(2,19)16-9-4-3-5-10-16/h3-5,9-10,14-15H,6-8,11-13,19H2,1-2H3,(H,20,21). The first kappa shape index (κ1) is 16.0. The molecule has 1 saturated carbocycles. The Labute approximate surface area is 128 Å². The summed E-state index contributed by atoms with van der Waals surface area (Å²) < 4.78 is 0. The van der Waals surface area contributed by atoms with Crippen molar-refractivity contribution in [2.45, 2.75) is 51.5 Å². The lowest BCUT2D eigenvalue weighted by Crippen LogP contribution is -2.49. The number of carbonyl (C=O) groups is 1. The molecule has 1 aliphatic carbocycles. The van der Waals surface area contributed by atoms with Gasteiger partial charge in [0.15, 0.2) is 0 Å². The summed E-state index contributed by atoms with van der Waals surface area (Å²) in [6, 6.07) is 9.57. The van der Waals surface area contributed by atoms with Gasteiger partial charge in [0.2, 0.25) is 5.91 Å². The predicted octanol–water partition coefficient (Wildman–Crippen LogP) is 3.19. The lowest BCUT2D eigenvalue weighted by atomic mass is 9.81. The number of nitrogens with two attached hydrogens (primary N) is 1.